The molecule has 1 aliphatic carbocycles. The highest BCUT2D eigenvalue weighted by atomic mass is 16.5. The number of nitrogens with zero attached hydrogens (tertiary/aromatic N) is 1. The normalized spacial score (nSPS) is 20.1. The third-order valence-electron chi connectivity index (χ3n) is 3.32. The lowest BCUT2D eigenvalue weighted by atomic mass is 10.1. The first-order chi connectivity index (χ1) is 7.67. The smallest absolute Gasteiger partial charge is 0.0615 e. The van der Waals surface area contributed by atoms with Crippen molar-refractivity contribution in [2.45, 2.75) is 45.7 Å². The maximum Gasteiger partial charge on any atom is 0.0615 e. The standard InChI is InChI=1S/C13H28N2O/c1-5-15(12(3)10-16-4)9-11(2)8-14-13-6-7-13/h11-14H,5-10H2,1-4H3. The summed E-state index contributed by atoms with van der Waals surface area (Å²) >= 11 is 0. The minimum absolute atomic E-state index is 0.526. The molecule has 0 aromatic heterocycles. The summed E-state index contributed by atoms with van der Waals surface area (Å²) in [6.45, 7) is 11.1. The first kappa shape index (κ1) is 13.9. The molecular weight excluding hydrogens is 200 g/mol. The molecule has 3 nitrogen and oxygen atoms in total. The zero-order valence-electron chi connectivity index (χ0n) is 11.3. The van der Waals surface area contributed by atoms with Crippen molar-refractivity contribution in [3.05, 3.63) is 0 Å². The predicted octanol–water partition coefficient (Wildman–Crippen LogP) is 1.73. The molecule has 0 aliphatic heterocycles. The van der Waals surface area contributed by atoms with Crippen molar-refractivity contribution >= 4 is 0 Å². The van der Waals surface area contributed by atoms with Gasteiger partial charge < -0.3 is 10.1 Å². The molecule has 0 aromatic carbocycles. The van der Waals surface area contributed by atoms with E-state index in [0.717, 1.165) is 31.7 Å². The van der Waals surface area contributed by atoms with Crippen LogP contribution < -0.4 is 5.32 Å². The fourth-order valence-corrected chi connectivity index (χ4v) is 2.09. The maximum absolute atomic E-state index is 5.22. The van der Waals surface area contributed by atoms with Crippen LogP contribution in [0.2, 0.25) is 0 Å². The highest BCUT2D eigenvalue weighted by Crippen LogP contribution is 2.18. The van der Waals surface area contributed by atoms with Gasteiger partial charge in [0.2, 0.25) is 0 Å². The van der Waals surface area contributed by atoms with E-state index in [9.17, 15) is 0 Å². The lowest BCUT2D eigenvalue weighted by Crippen LogP contribution is -2.41. The lowest BCUT2D eigenvalue weighted by molar-refractivity contribution is 0.0931. The molecule has 0 aromatic rings. The van der Waals surface area contributed by atoms with Crippen molar-refractivity contribution in [2.75, 3.05) is 33.4 Å². The van der Waals surface area contributed by atoms with Crippen LogP contribution >= 0.6 is 0 Å². The van der Waals surface area contributed by atoms with E-state index in [2.05, 4.69) is 31.0 Å². The van der Waals surface area contributed by atoms with Crippen LogP contribution in [-0.2, 0) is 4.74 Å². The topological polar surface area (TPSA) is 24.5 Å². The average molecular weight is 228 g/mol. The molecular formula is C13H28N2O. The van der Waals surface area contributed by atoms with E-state index < -0.39 is 0 Å². The second kappa shape index (κ2) is 7.25. The van der Waals surface area contributed by atoms with Gasteiger partial charge in [-0.2, -0.15) is 0 Å². The second-order valence-corrected chi connectivity index (χ2v) is 5.18. The summed E-state index contributed by atoms with van der Waals surface area (Å²) < 4.78 is 5.22. The Morgan fingerprint density at radius 1 is 1.38 bits per heavy atom. The molecule has 3 heteroatoms. The molecule has 1 fully saturated rings. The molecule has 0 bridgehead atoms. The number of rotatable bonds is 9. The Labute approximate surface area is 101 Å². The van der Waals surface area contributed by atoms with Crippen LogP contribution in [0.25, 0.3) is 0 Å². The number of methoxy groups -OCH3 is 1. The predicted molar refractivity (Wildman–Crippen MR) is 68.8 cm³/mol. The van der Waals surface area contributed by atoms with Crippen molar-refractivity contribution in [3.63, 3.8) is 0 Å². The molecule has 96 valence electrons. The number of ether oxygens (including phenoxy) is 1. The van der Waals surface area contributed by atoms with Crippen LogP contribution in [0, 0.1) is 5.92 Å². The summed E-state index contributed by atoms with van der Waals surface area (Å²) in [4.78, 5) is 2.50. The molecule has 16 heavy (non-hydrogen) atoms. The summed E-state index contributed by atoms with van der Waals surface area (Å²) in [6.07, 6.45) is 2.76. The van der Waals surface area contributed by atoms with Gasteiger partial charge in [-0.25, -0.2) is 0 Å². The minimum atomic E-state index is 0.526. The molecule has 1 aliphatic rings. The summed E-state index contributed by atoms with van der Waals surface area (Å²) in [5.41, 5.74) is 0. The van der Waals surface area contributed by atoms with Gasteiger partial charge in [0.25, 0.3) is 0 Å². The lowest BCUT2D eigenvalue weighted by Gasteiger charge is -2.30. The Bertz CT molecular complexity index is 183. The van der Waals surface area contributed by atoms with Gasteiger partial charge in [0, 0.05) is 25.7 Å². The van der Waals surface area contributed by atoms with Crippen molar-refractivity contribution in [3.8, 4) is 0 Å². The quantitative estimate of drug-likeness (QED) is 0.650. The number of hydrogen-bond donors (Lipinski definition) is 1. The van der Waals surface area contributed by atoms with Gasteiger partial charge in [-0.3, -0.25) is 4.90 Å². The molecule has 0 heterocycles. The summed E-state index contributed by atoms with van der Waals surface area (Å²) in [6, 6.07) is 1.35. The third-order valence-corrected chi connectivity index (χ3v) is 3.32. The summed E-state index contributed by atoms with van der Waals surface area (Å²) in [5, 5.41) is 3.60. The Hall–Kier alpha value is -0.120. The number of likely N-dealkylation sites (N-methyl/N-ethyl adjacent to an activating group) is 1. The van der Waals surface area contributed by atoms with E-state index in [1.54, 1.807) is 7.11 Å². The first-order valence-corrected chi connectivity index (χ1v) is 6.63. The summed E-state index contributed by atoms with van der Waals surface area (Å²) in [7, 11) is 1.78. The third kappa shape index (κ3) is 5.28. The van der Waals surface area contributed by atoms with Gasteiger partial charge in [0.15, 0.2) is 0 Å². The van der Waals surface area contributed by atoms with Crippen LogP contribution in [-0.4, -0.2) is 50.3 Å². The molecule has 2 atom stereocenters. The van der Waals surface area contributed by atoms with Gasteiger partial charge in [-0.1, -0.05) is 13.8 Å². The van der Waals surface area contributed by atoms with Crippen molar-refractivity contribution in [1.29, 1.82) is 0 Å². The Morgan fingerprint density at radius 2 is 2.06 bits per heavy atom. The number of nitrogens with one attached hydrogen (secondary N) is 1. The van der Waals surface area contributed by atoms with E-state index in [4.69, 9.17) is 4.74 Å². The molecule has 1 saturated carbocycles. The zero-order chi connectivity index (χ0) is 12.0. The molecule has 1 rings (SSSR count). The molecule has 0 spiro atoms. The molecule has 1 N–H and O–H groups in total. The summed E-state index contributed by atoms with van der Waals surface area (Å²) in [5.74, 6) is 0.722. The van der Waals surface area contributed by atoms with E-state index in [1.807, 2.05) is 0 Å². The van der Waals surface area contributed by atoms with Crippen LogP contribution in [0.4, 0.5) is 0 Å². The number of hydrogen-bond acceptors (Lipinski definition) is 3. The monoisotopic (exact) mass is 228 g/mol. The largest absolute Gasteiger partial charge is 0.383 e. The van der Waals surface area contributed by atoms with E-state index in [-0.39, 0.29) is 0 Å². The maximum atomic E-state index is 5.22. The Morgan fingerprint density at radius 3 is 2.56 bits per heavy atom. The van der Waals surface area contributed by atoms with Crippen molar-refractivity contribution in [2.24, 2.45) is 5.92 Å². The second-order valence-electron chi connectivity index (χ2n) is 5.18. The van der Waals surface area contributed by atoms with Crippen LogP contribution in [0.3, 0.4) is 0 Å². The molecule has 0 saturated heterocycles. The first-order valence-electron chi connectivity index (χ1n) is 6.63. The van der Waals surface area contributed by atoms with Gasteiger partial charge in [0.1, 0.15) is 0 Å². The molecule has 0 amide bonds. The van der Waals surface area contributed by atoms with Crippen LogP contribution in [0.5, 0.6) is 0 Å². The fourth-order valence-electron chi connectivity index (χ4n) is 2.09. The highest BCUT2D eigenvalue weighted by Gasteiger charge is 2.21. The SMILES string of the molecule is CCN(CC(C)CNC1CC1)C(C)COC. The van der Waals surface area contributed by atoms with E-state index >= 15 is 0 Å². The average Bonchev–Trinajstić information content (AvgIpc) is 3.07. The fraction of sp³-hybridized carbons (Fsp3) is 1.00. The Kier molecular flexibility index (Phi) is 6.32. The van der Waals surface area contributed by atoms with Crippen molar-refractivity contribution < 1.29 is 4.74 Å². The van der Waals surface area contributed by atoms with Gasteiger partial charge in [0.05, 0.1) is 6.61 Å². The van der Waals surface area contributed by atoms with Crippen LogP contribution in [0.15, 0.2) is 0 Å². The van der Waals surface area contributed by atoms with Crippen molar-refractivity contribution in [1.82, 2.24) is 10.2 Å². The molecule has 2 unspecified atom stereocenters. The highest BCUT2D eigenvalue weighted by molar-refractivity contribution is 4.82. The molecule has 0 radical (unpaired) electrons. The van der Waals surface area contributed by atoms with E-state index in [0.29, 0.717) is 6.04 Å². The van der Waals surface area contributed by atoms with Gasteiger partial charge >= 0.3 is 0 Å². The van der Waals surface area contributed by atoms with Crippen LogP contribution in [0.1, 0.15) is 33.6 Å². The van der Waals surface area contributed by atoms with Gasteiger partial charge in [-0.15, -0.1) is 0 Å². The van der Waals surface area contributed by atoms with Gasteiger partial charge in [-0.05, 0) is 38.8 Å². The zero-order valence-corrected chi connectivity index (χ0v) is 11.3. The van der Waals surface area contributed by atoms with E-state index in [1.165, 1.54) is 19.4 Å². The Balaban J connectivity index is 2.18. The minimum Gasteiger partial charge on any atom is -0.383 e.